The van der Waals surface area contributed by atoms with Gasteiger partial charge in [-0.05, 0) is 36.9 Å². The summed E-state index contributed by atoms with van der Waals surface area (Å²) in [7, 11) is 0. The van der Waals surface area contributed by atoms with Gasteiger partial charge in [-0.2, -0.15) is 0 Å². The van der Waals surface area contributed by atoms with Crippen molar-refractivity contribution in [1.82, 2.24) is 0 Å². The molecule has 15 heavy (non-hydrogen) atoms. The molecule has 0 heterocycles. The molecule has 0 spiro atoms. The van der Waals surface area contributed by atoms with E-state index in [1.54, 1.807) is 0 Å². The van der Waals surface area contributed by atoms with Crippen molar-refractivity contribution in [2.24, 2.45) is 0 Å². The van der Waals surface area contributed by atoms with Gasteiger partial charge in [-0.1, -0.05) is 23.8 Å². The standard InChI is InChI=1S/C13H13FO/c1-9-3-4-11-5-10(2)7-13(15-8-14)12(11)6-9/h3-7H,8H2,1-2H3. The van der Waals surface area contributed by atoms with E-state index in [4.69, 9.17) is 4.74 Å². The van der Waals surface area contributed by atoms with E-state index in [0.29, 0.717) is 5.75 Å². The molecule has 0 radical (unpaired) electrons. The van der Waals surface area contributed by atoms with E-state index in [0.717, 1.165) is 21.9 Å². The summed E-state index contributed by atoms with van der Waals surface area (Å²) in [5.74, 6) is 0.621. The van der Waals surface area contributed by atoms with Gasteiger partial charge in [0.05, 0.1) is 0 Å². The van der Waals surface area contributed by atoms with Crippen LogP contribution in [0.4, 0.5) is 4.39 Å². The van der Waals surface area contributed by atoms with Crippen LogP contribution in [0.1, 0.15) is 11.1 Å². The van der Waals surface area contributed by atoms with Crippen LogP contribution in [0.3, 0.4) is 0 Å². The predicted octanol–water partition coefficient (Wildman–Crippen LogP) is 3.76. The maximum Gasteiger partial charge on any atom is 0.228 e. The van der Waals surface area contributed by atoms with Crippen LogP contribution in [0.5, 0.6) is 5.75 Å². The summed E-state index contributed by atoms with van der Waals surface area (Å²) in [6.45, 7) is 3.20. The fourth-order valence-electron chi connectivity index (χ4n) is 1.76. The summed E-state index contributed by atoms with van der Waals surface area (Å²) in [5.41, 5.74) is 2.23. The molecule has 0 amide bonds. The van der Waals surface area contributed by atoms with Crippen molar-refractivity contribution in [2.75, 3.05) is 6.86 Å². The number of hydrogen-bond donors (Lipinski definition) is 0. The highest BCUT2D eigenvalue weighted by Crippen LogP contribution is 2.28. The second-order valence-electron chi connectivity index (χ2n) is 3.74. The molecular weight excluding hydrogens is 191 g/mol. The van der Waals surface area contributed by atoms with Crippen LogP contribution in [0, 0.1) is 13.8 Å². The van der Waals surface area contributed by atoms with Gasteiger partial charge in [0.2, 0.25) is 6.86 Å². The summed E-state index contributed by atoms with van der Waals surface area (Å²) in [6.07, 6.45) is 0. The van der Waals surface area contributed by atoms with Crippen molar-refractivity contribution in [3.8, 4) is 5.75 Å². The Labute approximate surface area is 88.5 Å². The van der Waals surface area contributed by atoms with Crippen molar-refractivity contribution in [2.45, 2.75) is 13.8 Å². The third kappa shape index (κ3) is 1.94. The number of hydrogen-bond acceptors (Lipinski definition) is 1. The Morgan fingerprint density at radius 3 is 2.60 bits per heavy atom. The zero-order valence-electron chi connectivity index (χ0n) is 8.88. The number of alkyl halides is 1. The number of benzene rings is 2. The van der Waals surface area contributed by atoms with Crippen LogP contribution in [0.15, 0.2) is 30.3 Å². The lowest BCUT2D eigenvalue weighted by Gasteiger charge is -2.08. The second kappa shape index (κ2) is 3.89. The first-order valence-corrected chi connectivity index (χ1v) is 4.90. The average Bonchev–Trinajstić information content (AvgIpc) is 2.19. The molecule has 0 unspecified atom stereocenters. The minimum atomic E-state index is -0.785. The Morgan fingerprint density at radius 1 is 1.07 bits per heavy atom. The smallest absolute Gasteiger partial charge is 0.228 e. The van der Waals surface area contributed by atoms with Gasteiger partial charge in [-0.25, -0.2) is 4.39 Å². The molecule has 0 atom stereocenters. The highest BCUT2D eigenvalue weighted by atomic mass is 19.1. The molecule has 0 aromatic heterocycles. The molecule has 0 saturated heterocycles. The quantitative estimate of drug-likeness (QED) is 0.723. The lowest BCUT2D eigenvalue weighted by molar-refractivity contribution is 0.194. The van der Waals surface area contributed by atoms with E-state index in [2.05, 4.69) is 6.07 Å². The molecule has 0 aliphatic rings. The number of aryl methyl sites for hydroxylation is 2. The van der Waals surface area contributed by atoms with Crippen molar-refractivity contribution < 1.29 is 9.13 Å². The summed E-state index contributed by atoms with van der Waals surface area (Å²) < 4.78 is 17.2. The van der Waals surface area contributed by atoms with Crippen molar-refractivity contribution in [3.63, 3.8) is 0 Å². The minimum absolute atomic E-state index is 0.621. The monoisotopic (exact) mass is 204 g/mol. The van der Waals surface area contributed by atoms with E-state index in [1.807, 2.05) is 38.1 Å². The van der Waals surface area contributed by atoms with E-state index in [1.165, 1.54) is 0 Å². The van der Waals surface area contributed by atoms with Crippen LogP contribution in [0.25, 0.3) is 10.8 Å². The van der Waals surface area contributed by atoms with Gasteiger partial charge in [0, 0.05) is 5.39 Å². The highest BCUT2D eigenvalue weighted by Gasteiger charge is 2.03. The van der Waals surface area contributed by atoms with Crippen LogP contribution >= 0.6 is 0 Å². The van der Waals surface area contributed by atoms with Crippen molar-refractivity contribution in [1.29, 1.82) is 0 Å². The maximum absolute atomic E-state index is 12.2. The first-order chi connectivity index (χ1) is 7.20. The number of halogens is 1. The molecule has 2 rings (SSSR count). The summed E-state index contributed by atoms with van der Waals surface area (Å²) in [5, 5.41) is 2.06. The highest BCUT2D eigenvalue weighted by molar-refractivity contribution is 5.89. The van der Waals surface area contributed by atoms with Crippen molar-refractivity contribution >= 4 is 10.8 Å². The summed E-state index contributed by atoms with van der Waals surface area (Å²) in [4.78, 5) is 0. The van der Waals surface area contributed by atoms with Gasteiger partial charge in [0.15, 0.2) is 0 Å². The number of rotatable bonds is 2. The summed E-state index contributed by atoms with van der Waals surface area (Å²) in [6, 6.07) is 10.0. The first kappa shape index (κ1) is 9.97. The Kier molecular flexibility index (Phi) is 2.58. The fourth-order valence-corrected chi connectivity index (χ4v) is 1.76. The van der Waals surface area contributed by atoms with Gasteiger partial charge < -0.3 is 4.74 Å². The van der Waals surface area contributed by atoms with Gasteiger partial charge in [0.1, 0.15) is 5.75 Å². The van der Waals surface area contributed by atoms with E-state index < -0.39 is 6.86 Å². The lowest BCUT2D eigenvalue weighted by Crippen LogP contribution is -1.92. The fraction of sp³-hybridized carbons (Fsp3) is 0.231. The molecule has 0 saturated carbocycles. The number of ether oxygens (including phenoxy) is 1. The van der Waals surface area contributed by atoms with E-state index in [-0.39, 0.29) is 0 Å². The van der Waals surface area contributed by atoms with Crippen molar-refractivity contribution in [3.05, 3.63) is 41.5 Å². The SMILES string of the molecule is Cc1cc(OCF)c2cc(C)ccc2c1. The molecular formula is C13H13FO. The van der Waals surface area contributed by atoms with E-state index in [9.17, 15) is 4.39 Å². The van der Waals surface area contributed by atoms with Crippen LogP contribution in [0.2, 0.25) is 0 Å². The average molecular weight is 204 g/mol. The predicted molar refractivity (Wildman–Crippen MR) is 60.0 cm³/mol. The zero-order chi connectivity index (χ0) is 10.8. The van der Waals surface area contributed by atoms with Gasteiger partial charge in [-0.15, -0.1) is 0 Å². The Bertz CT molecular complexity index is 491. The molecule has 0 bridgehead atoms. The molecule has 0 N–H and O–H groups in total. The molecule has 2 aromatic rings. The van der Waals surface area contributed by atoms with Gasteiger partial charge in [0.25, 0.3) is 0 Å². The van der Waals surface area contributed by atoms with Gasteiger partial charge >= 0.3 is 0 Å². The largest absolute Gasteiger partial charge is 0.462 e. The molecule has 1 nitrogen and oxygen atoms in total. The normalized spacial score (nSPS) is 10.6. The minimum Gasteiger partial charge on any atom is -0.462 e. The summed E-state index contributed by atoms with van der Waals surface area (Å²) >= 11 is 0. The third-order valence-electron chi connectivity index (χ3n) is 2.43. The van der Waals surface area contributed by atoms with Gasteiger partial charge in [-0.3, -0.25) is 0 Å². The third-order valence-corrected chi connectivity index (χ3v) is 2.43. The second-order valence-corrected chi connectivity index (χ2v) is 3.74. The molecule has 78 valence electrons. The van der Waals surface area contributed by atoms with E-state index >= 15 is 0 Å². The number of fused-ring (bicyclic) bond motifs is 1. The molecule has 0 aliphatic carbocycles. The lowest BCUT2D eigenvalue weighted by atomic mass is 10.0. The van der Waals surface area contributed by atoms with Crippen LogP contribution in [-0.2, 0) is 0 Å². The molecule has 0 aliphatic heterocycles. The zero-order valence-corrected chi connectivity index (χ0v) is 8.88. The van der Waals surface area contributed by atoms with Crippen LogP contribution in [-0.4, -0.2) is 6.86 Å². The molecule has 2 heteroatoms. The first-order valence-electron chi connectivity index (χ1n) is 4.90. The topological polar surface area (TPSA) is 9.23 Å². The Morgan fingerprint density at radius 2 is 1.87 bits per heavy atom. The molecule has 2 aromatic carbocycles. The maximum atomic E-state index is 12.2. The van der Waals surface area contributed by atoms with Crippen LogP contribution < -0.4 is 4.74 Å². The Balaban J connectivity index is 2.70. The Hall–Kier alpha value is -1.57. The molecule has 0 fully saturated rings.